The van der Waals surface area contributed by atoms with E-state index in [0.29, 0.717) is 24.2 Å². The van der Waals surface area contributed by atoms with Crippen molar-refractivity contribution < 1.29 is 9.53 Å². The van der Waals surface area contributed by atoms with Gasteiger partial charge in [-0.05, 0) is 25.8 Å². The largest absolute Gasteiger partial charge is 0.462 e. The van der Waals surface area contributed by atoms with Gasteiger partial charge in [0, 0.05) is 5.92 Å². The number of halogens is 2. The molecule has 1 aliphatic rings. The van der Waals surface area contributed by atoms with E-state index in [9.17, 15) is 4.79 Å². The van der Waals surface area contributed by atoms with Crippen molar-refractivity contribution in [1.29, 1.82) is 0 Å². The van der Waals surface area contributed by atoms with Gasteiger partial charge in [0.1, 0.15) is 9.90 Å². The third-order valence-corrected chi connectivity index (χ3v) is 5.06. The van der Waals surface area contributed by atoms with Crippen LogP contribution in [0.15, 0.2) is 30.3 Å². The highest BCUT2D eigenvalue weighted by atomic mass is 35.5. The molecular weight excluding hydrogens is 335 g/mol. The number of rotatable bonds is 5. The van der Waals surface area contributed by atoms with Gasteiger partial charge >= 0.3 is 5.97 Å². The quantitative estimate of drug-likeness (QED) is 0.605. The summed E-state index contributed by atoms with van der Waals surface area (Å²) in [5.74, 6) is -0.342. The standard InChI is InChI=1S/C17H18Cl2N2O2/c1-11-15(16(22)23-10-14-8-17(14,18)19)12(2)21(20-11)9-13-6-4-3-5-7-13/h3-7,14H,8-10H2,1-2H3. The van der Waals surface area contributed by atoms with Crippen LogP contribution in [0.2, 0.25) is 0 Å². The van der Waals surface area contributed by atoms with Gasteiger partial charge in [0.05, 0.1) is 24.5 Å². The van der Waals surface area contributed by atoms with Crippen molar-refractivity contribution in [3.05, 3.63) is 52.8 Å². The van der Waals surface area contributed by atoms with Crippen LogP contribution in [-0.2, 0) is 11.3 Å². The number of ether oxygens (including phenoxy) is 1. The molecule has 0 aliphatic heterocycles. The van der Waals surface area contributed by atoms with Crippen molar-refractivity contribution in [1.82, 2.24) is 9.78 Å². The van der Waals surface area contributed by atoms with Crippen molar-refractivity contribution in [3.63, 3.8) is 0 Å². The van der Waals surface area contributed by atoms with E-state index in [1.54, 1.807) is 0 Å². The maximum atomic E-state index is 12.3. The summed E-state index contributed by atoms with van der Waals surface area (Å²) >= 11 is 11.9. The van der Waals surface area contributed by atoms with Gasteiger partial charge in [-0.1, -0.05) is 30.3 Å². The van der Waals surface area contributed by atoms with Crippen LogP contribution in [0, 0.1) is 19.8 Å². The Morgan fingerprint density at radius 3 is 2.61 bits per heavy atom. The monoisotopic (exact) mass is 352 g/mol. The number of hydrogen-bond acceptors (Lipinski definition) is 3. The van der Waals surface area contributed by atoms with Gasteiger partial charge in [0.25, 0.3) is 0 Å². The van der Waals surface area contributed by atoms with E-state index in [2.05, 4.69) is 5.10 Å². The first-order chi connectivity index (χ1) is 10.9. The molecule has 1 aliphatic carbocycles. The van der Waals surface area contributed by atoms with E-state index < -0.39 is 4.33 Å². The maximum absolute atomic E-state index is 12.3. The van der Waals surface area contributed by atoms with Gasteiger partial charge in [-0.15, -0.1) is 23.2 Å². The van der Waals surface area contributed by atoms with Crippen molar-refractivity contribution in [2.24, 2.45) is 5.92 Å². The van der Waals surface area contributed by atoms with Gasteiger partial charge < -0.3 is 4.74 Å². The highest BCUT2D eigenvalue weighted by Crippen LogP contribution is 2.53. The summed E-state index contributed by atoms with van der Waals surface area (Å²) in [4.78, 5) is 12.3. The molecule has 1 fully saturated rings. The number of esters is 1. The smallest absolute Gasteiger partial charge is 0.341 e. The number of aryl methyl sites for hydroxylation is 1. The molecule has 1 aromatic heterocycles. The highest BCUT2D eigenvalue weighted by Gasteiger charge is 2.52. The van der Waals surface area contributed by atoms with Gasteiger partial charge in [0.2, 0.25) is 0 Å². The molecule has 0 N–H and O–H groups in total. The van der Waals surface area contributed by atoms with E-state index in [4.69, 9.17) is 27.9 Å². The number of nitrogens with zero attached hydrogens (tertiary/aromatic N) is 2. The third kappa shape index (κ3) is 3.54. The van der Waals surface area contributed by atoms with Crippen molar-refractivity contribution in [2.75, 3.05) is 6.61 Å². The van der Waals surface area contributed by atoms with Crippen molar-refractivity contribution >= 4 is 29.2 Å². The molecule has 0 spiro atoms. The molecule has 1 saturated carbocycles. The molecule has 0 radical (unpaired) electrons. The predicted molar refractivity (Wildman–Crippen MR) is 90.1 cm³/mol. The second-order valence-corrected chi connectivity index (χ2v) is 7.49. The normalized spacial score (nSPS) is 18.7. The molecule has 23 heavy (non-hydrogen) atoms. The minimum absolute atomic E-state index is 0.0229. The van der Waals surface area contributed by atoms with Crippen LogP contribution >= 0.6 is 23.2 Å². The van der Waals surface area contributed by atoms with E-state index in [1.807, 2.05) is 48.9 Å². The van der Waals surface area contributed by atoms with Crippen LogP contribution in [0.25, 0.3) is 0 Å². The molecular formula is C17H18Cl2N2O2. The van der Waals surface area contributed by atoms with Crippen LogP contribution in [0.4, 0.5) is 0 Å². The molecule has 0 saturated heterocycles. The predicted octanol–water partition coefficient (Wildman–Crippen LogP) is 3.90. The zero-order chi connectivity index (χ0) is 16.6. The Hall–Kier alpha value is -1.52. The van der Waals surface area contributed by atoms with Crippen LogP contribution in [0.3, 0.4) is 0 Å². The minimum Gasteiger partial charge on any atom is -0.462 e. The van der Waals surface area contributed by atoms with Crippen LogP contribution in [0.5, 0.6) is 0 Å². The minimum atomic E-state index is -0.734. The van der Waals surface area contributed by atoms with Gasteiger partial charge in [-0.2, -0.15) is 5.10 Å². The average Bonchev–Trinajstić information content (AvgIpc) is 3.02. The molecule has 1 aromatic carbocycles. The Morgan fingerprint density at radius 2 is 2.00 bits per heavy atom. The van der Waals surface area contributed by atoms with Gasteiger partial charge in [-0.3, -0.25) is 4.68 Å². The number of alkyl halides is 2. The second-order valence-electron chi connectivity index (χ2n) is 5.95. The van der Waals surface area contributed by atoms with Gasteiger partial charge in [-0.25, -0.2) is 4.79 Å². The van der Waals surface area contributed by atoms with Gasteiger partial charge in [0.15, 0.2) is 0 Å². The lowest BCUT2D eigenvalue weighted by Gasteiger charge is -2.07. The van der Waals surface area contributed by atoms with E-state index in [-0.39, 0.29) is 18.5 Å². The zero-order valence-corrected chi connectivity index (χ0v) is 14.6. The number of hydrogen-bond donors (Lipinski definition) is 0. The van der Waals surface area contributed by atoms with E-state index in [0.717, 1.165) is 11.3 Å². The molecule has 3 rings (SSSR count). The molecule has 122 valence electrons. The molecule has 6 heteroatoms. The highest BCUT2D eigenvalue weighted by molar-refractivity contribution is 6.50. The fraction of sp³-hybridized carbons (Fsp3) is 0.412. The fourth-order valence-corrected chi connectivity index (χ4v) is 3.10. The fourth-order valence-electron chi connectivity index (χ4n) is 2.60. The van der Waals surface area contributed by atoms with Crippen molar-refractivity contribution in [3.8, 4) is 0 Å². The summed E-state index contributed by atoms with van der Waals surface area (Å²) in [5.41, 5.74) is 3.12. The topological polar surface area (TPSA) is 44.1 Å². The second kappa shape index (κ2) is 6.17. The summed E-state index contributed by atoms with van der Waals surface area (Å²) in [6, 6.07) is 10.00. The molecule has 1 heterocycles. The summed E-state index contributed by atoms with van der Waals surface area (Å²) in [6.45, 7) is 4.56. The molecule has 1 atom stereocenters. The number of benzene rings is 1. The molecule has 4 nitrogen and oxygen atoms in total. The number of carbonyl (C=O) groups is 1. The maximum Gasteiger partial charge on any atom is 0.341 e. The summed E-state index contributed by atoms with van der Waals surface area (Å²) in [7, 11) is 0. The van der Waals surface area contributed by atoms with Crippen LogP contribution in [0.1, 0.15) is 33.7 Å². The van der Waals surface area contributed by atoms with Crippen LogP contribution in [-0.4, -0.2) is 26.7 Å². The molecule has 2 aromatic rings. The third-order valence-electron chi connectivity index (χ3n) is 4.13. The van der Waals surface area contributed by atoms with E-state index >= 15 is 0 Å². The summed E-state index contributed by atoms with van der Waals surface area (Å²) in [5, 5.41) is 4.46. The Kier molecular flexibility index (Phi) is 4.39. The summed E-state index contributed by atoms with van der Waals surface area (Å²) in [6.07, 6.45) is 0.661. The number of carbonyl (C=O) groups excluding carboxylic acids is 1. The molecule has 0 amide bonds. The van der Waals surface area contributed by atoms with E-state index in [1.165, 1.54) is 0 Å². The average molecular weight is 353 g/mol. The lowest BCUT2D eigenvalue weighted by Crippen LogP contribution is -2.12. The Labute approximate surface area is 145 Å². The zero-order valence-electron chi connectivity index (χ0n) is 13.1. The Morgan fingerprint density at radius 1 is 1.35 bits per heavy atom. The molecule has 1 unspecified atom stereocenters. The first-order valence-electron chi connectivity index (χ1n) is 7.51. The summed E-state index contributed by atoms with van der Waals surface area (Å²) < 4.78 is 6.44. The number of aromatic nitrogens is 2. The lowest BCUT2D eigenvalue weighted by molar-refractivity contribution is 0.0483. The van der Waals surface area contributed by atoms with Crippen molar-refractivity contribution in [2.45, 2.75) is 31.1 Å². The first kappa shape index (κ1) is 16.3. The van der Waals surface area contributed by atoms with Crippen LogP contribution < -0.4 is 0 Å². The first-order valence-corrected chi connectivity index (χ1v) is 8.27. The lowest BCUT2D eigenvalue weighted by atomic mass is 10.2. The molecule has 0 bridgehead atoms. The SMILES string of the molecule is Cc1nn(Cc2ccccc2)c(C)c1C(=O)OCC1CC1(Cl)Cl. The Bertz CT molecular complexity index is 726. The Balaban J connectivity index is 1.71.